The molecule has 5 nitrogen and oxygen atoms in total. The molecule has 23 heavy (non-hydrogen) atoms. The number of halogens is 3. The molecule has 0 atom stereocenters. The summed E-state index contributed by atoms with van der Waals surface area (Å²) in [5.41, 5.74) is 0.592. The van der Waals surface area contributed by atoms with Gasteiger partial charge in [-0.2, -0.15) is 0 Å². The number of ether oxygens (including phenoxy) is 1. The Kier molecular flexibility index (Phi) is 3.88. The Hall–Kier alpha value is -3.03. The molecule has 1 N–H and O–H groups in total. The molecule has 1 aromatic heterocycles. The van der Waals surface area contributed by atoms with Crippen molar-refractivity contribution in [3.63, 3.8) is 0 Å². The highest BCUT2D eigenvalue weighted by molar-refractivity contribution is 5.57. The molecule has 0 saturated heterocycles. The molecule has 0 fully saturated rings. The van der Waals surface area contributed by atoms with Crippen LogP contribution in [0.5, 0.6) is 5.75 Å². The zero-order valence-electron chi connectivity index (χ0n) is 11.8. The van der Waals surface area contributed by atoms with E-state index in [9.17, 15) is 13.2 Å². The van der Waals surface area contributed by atoms with E-state index < -0.39 is 17.5 Å². The predicted molar refractivity (Wildman–Crippen MR) is 75.9 cm³/mol. The molecular formula is C15H10F3N3O2. The van der Waals surface area contributed by atoms with Gasteiger partial charge in [-0.1, -0.05) is 5.10 Å². The Labute approximate surface area is 128 Å². The van der Waals surface area contributed by atoms with E-state index in [1.54, 1.807) is 31.4 Å². The number of rotatable bonds is 4. The molecule has 2 aromatic carbocycles. The SMILES string of the molecule is COc1ccc(Nc2nnc(-c3cc(F)c(F)c(F)c3)o2)cc1. The van der Waals surface area contributed by atoms with Crippen LogP contribution >= 0.6 is 0 Å². The van der Waals surface area contributed by atoms with Gasteiger partial charge in [0, 0.05) is 11.3 Å². The molecule has 0 bridgehead atoms. The van der Waals surface area contributed by atoms with Crippen LogP contribution in [-0.2, 0) is 0 Å². The Morgan fingerprint density at radius 1 is 1.00 bits per heavy atom. The molecule has 3 aromatic rings. The van der Waals surface area contributed by atoms with Crippen LogP contribution in [-0.4, -0.2) is 17.3 Å². The number of nitrogens with one attached hydrogen (secondary N) is 1. The van der Waals surface area contributed by atoms with Crippen molar-refractivity contribution in [1.29, 1.82) is 0 Å². The normalized spacial score (nSPS) is 10.6. The predicted octanol–water partition coefficient (Wildman–Crippen LogP) is 3.91. The quantitative estimate of drug-likeness (QED) is 0.738. The molecule has 0 saturated carbocycles. The lowest BCUT2D eigenvalue weighted by Crippen LogP contribution is -1.91. The monoisotopic (exact) mass is 321 g/mol. The maximum atomic E-state index is 13.2. The molecule has 0 radical (unpaired) electrons. The minimum absolute atomic E-state index is 0.0234. The van der Waals surface area contributed by atoms with Gasteiger partial charge in [0.1, 0.15) is 5.75 Å². The second-order valence-corrected chi connectivity index (χ2v) is 4.52. The summed E-state index contributed by atoms with van der Waals surface area (Å²) >= 11 is 0. The molecule has 0 spiro atoms. The molecule has 1 heterocycles. The number of methoxy groups -OCH3 is 1. The van der Waals surface area contributed by atoms with Crippen molar-refractivity contribution >= 4 is 11.7 Å². The summed E-state index contributed by atoms with van der Waals surface area (Å²) in [7, 11) is 1.55. The lowest BCUT2D eigenvalue weighted by molar-refractivity contribution is 0.415. The van der Waals surface area contributed by atoms with E-state index in [2.05, 4.69) is 15.5 Å². The third kappa shape index (κ3) is 3.10. The molecule has 0 aliphatic rings. The highest BCUT2D eigenvalue weighted by Gasteiger charge is 2.15. The number of nitrogens with zero attached hydrogens (tertiary/aromatic N) is 2. The van der Waals surface area contributed by atoms with Gasteiger partial charge in [0.05, 0.1) is 7.11 Å². The first-order valence-electron chi connectivity index (χ1n) is 6.46. The summed E-state index contributed by atoms with van der Waals surface area (Å²) in [6.07, 6.45) is 0. The Morgan fingerprint density at radius 2 is 1.65 bits per heavy atom. The fraction of sp³-hybridized carbons (Fsp3) is 0.0667. The fourth-order valence-corrected chi connectivity index (χ4v) is 1.87. The lowest BCUT2D eigenvalue weighted by Gasteiger charge is -2.03. The minimum Gasteiger partial charge on any atom is -0.497 e. The maximum absolute atomic E-state index is 13.2. The van der Waals surface area contributed by atoms with Gasteiger partial charge >= 0.3 is 6.01 Å². The number of hydrogen-bond donors (Lipinski definition) is 1. The first kappa shape index (κ1) is 14.9. The first-order chi connectivity index (χ1) is 11.1. The Bertz CT molecular complexity index is 811. The van der Waals surface area contributed by atoms with Gasteiger partial charge in [-0.25, -0.2) is 13.2 Å². The molecule has 8 heteroatoms. The van der Waals surface area contributed by atoms with Crippen LogP contribution in [0.3, 0.4) is 0 Å². The highest BCUT2D eigenvalue weighted by Crippen LogP contribution is 2.25. The largest absolute Gasteiger partial charge is 0.497 e. The standard InChI is InChI=1S/C15H10F3N3O2/c1-22-10-4-2-9(3-5-10)19-15-21-20-14(23-15)8-6-11(16)13(18)12(17)7-8/h2-7H,1H3,(H,19,21). The van der Waals surface area contributed by atoms with E-state index >= 15 is 0 Å². The van der Waals surface area contributed by atoms with Crippen molar-refractivity contribution in [3.8, 4) is 17.2 Å². The minimum atomic E-state index is -1.55. The molecule has 3 rings (SSSR count). The zero-order chi connectivity index (χ0) is 16.4. The smallest absolute Gasteiger partial charge is 0.320 e. The highest BCUT2D eigenvalue weighted by atomic mass is 19.2. The van der Waals surface area contributed by atoms with Crippen LogP contribution in [0.2, 0.25) is 0 Å². The van der Waals surface area contributed by atoms with Crippen LogP contribution < -0.4 is 10.1 Å². The van der Waals surface area contributed by atoms with Gasteiger partial charge in [0.15, 0.2) is 17.5 Å². The topological polar surface area (TPSA) is 60.2 Å². The van der Waals surface area contributed by atoms with Gasteiger partial charge in [-0.05, 0) is 36.4 Å². The Balaban J connectivity index is 1.82. The second kappa shape index (κ2) is 5.99. The third-order valence-corrected chi connectivity index (χ3v) is 3.00. The van der Waals surface area contributed by atoms with Gasteiger partial charge < -0.3 is 14.5 Å². The summed E-state index contributed by atoms with van der Waals surface area (Å²) in [5, 5.41) is 10.2. The van der Waals surface area contributed by atoms with Gasteiger partial charge in [-0.15, -0.1) is 5.10 Å². The molecule has 0 unspecified atom stereocenters. The average Bonchev–Trinajstić information content (AvgIpc) is 3.01. The second-order valence-electron chi connectivity index (χ2n) is 4.52. The van der Waals surface area contributed by atoms with Crippen molar-refractivity contribution in [1.82, 2.24) is 10.2 Å². The molecule has 0 aliphatic carbocycles. The van der Waals surface area contributed by atoms with E-state index in [-0.39, 0.29) is 17.5 Å². The van der Waals surface area contributed by atoms with Crippen LogP contribution in [0.4, 0.5) is 24.9 Å². The first-order valence-corrected chi connectivity index (χ1v) is 6.46. The Morgan fingerprint density at radius 3 is 2.26 bits per heavy atom. The maximum Gasteiger partial charge on any atom is 0.320 e. The van der Waals surface area contributed by atoms with Crippen LogP contribution in [0.25, 0.3) is 11.5 Å². The number of aromatic nitrogens is 2. The summed E-state index contributed by atoms with van der Waals surface area (Å²) in [6, 6.07) is 8.48. The van der Waals surface area contributed by atoms with Crippen LogP contribution in [0.1, 0.15) is 0 Å². The lowest BCUT2D eigenvalue weighted by atomic mass is 10.2. The summed E-state index contributed by atoms with van der Waals surface area (Å²) < 4.78 is 49.7. The van der Waals surface area contributed by atoms with Crippen molar-refractivity contribution in [2.45, 2.75) is 0 Å². The summed E-state index contributed by atoms with van der Waals surface area (Å²) in [4.78, 5) is 0. The summed E-state index contributed by atoms with van der Waals surface area (Å²) in [5.74, 6) is -3.67. The van der Waals surface area contributed by atoms with E-state index in [0.717, 1.165) is 12.1 Å². The van der Waals surface area contributed by atoms with Gasteiger partial charge in [-0.3, -0.25) is 0 Å². The third-order valence-electron chi connectivity index (χ3n) is 3.00. The van der Waals surface area contributed by atoms with Crippen molar-refractivity contribution in [3.05, 3.63) is 53.8 Å². The van der Waals surface area contributed by atoms with E-state index in [1.165, 1.54) is 0 Å². The number of benzene rings is 2. The van der Waals surface area contributed by atoms with Crippen molar-refractivity contribution < 1.29 is 22.3 Å². The summed E-state index contributed by atoms with van der Waals surface area (Å²) in [6.45, 7) is 0. The van der Waals surface area contributed by atoms with E-state index in [1.807, 2.05) is 0 Å². The molecule has 0 amide bonds. The average molecular weight is 321 g/mol. The molecule has 0 aliphatic heterocycles. The van der Waals surface area contributed by atoms with E-state index in [4.69, 9.17) is 9.15 Å². The van der Waals surface area contributed by atoms with Crippen LogP contribution in [0, 0.1) is 17.5 Å². The molecular weight excluding hydrogens is 311 g/mol. The van der Waals surface area contributed by atoms with Crippen molar-refractivity contribution in [2.75, 3.05) is 12.4 Å². The number of anilines is 2. The van der Waals surface area contributed by atoms with Gasteiger partial charge in [0.2, 0.25) is 5.89 Å². The van der Waals surface area contributed by atoms with E-state index in [0.29, 0.717) is 11.4 Å². The van der Waals surface area contributed by atoms with Crippen LogP contribution in [0.15, 0.2) is 40.8 Å². The van der Waals surface area contributed by atoms with Gasteiger partial charge in [0.25, 0.3) is 0 Å². The number of hydrogen-bond acceptors (Lipinski definition) is 5. The molecule has 118 valence electrons. The van der Waals surface area contributed by atoms with Crippen molar-refractivity contribution in [2.24, 2.45) is 0 Å². The zero-order valence-corrected chi connectivity index (χ0v) is 11.8. The fourth-order valence-electron chi connectivity index (χ4n) is 1.87.